The van der Waals surface area contributed by atoms with Gasteiger partial charge in [-0.2, -0.15) is 0 Å². The molecule has 0 saturated carbocycles. The van der Waals surface area contributed by atoms with E-state index < -0.39 is 0 Å². The first kappa shape index (κ1) is 12.3. The van der Waals surface area contributed by atoms with Crippen LogP contribution in [0.15, 0.2) is 41.0 Å². The molecule has 1 unspecified atom stereocenters. The summed E-state index contributed by atoms with van der Waals surface area (Å²) in [5.74, 6) is 0.781. The van der Waals surface area contributed by atoms with Crippen LogP contribution in [0.5, 0.6) is 0 Å². The Labute approximate surface area is 110 Å². The number of benzene rings is 1. The van der Waals surface area contributed by atoms with E-state index in [2.05, 4.69) is 5.32 Å². The number of anilines is 1. The Morgan fingerprint density at radius 1 is 1.24 bits per heavy atom. The fraction of sp³-hybridized carbons (Fsp3) is 0.167. The van der Waals surface area contributed by atoms with Crippen LogP contribution in [-0.4, -0.2) is 6.54 Å². The molecule has 0 aliphatic heterocycles. The molecular formula is C12H12Cl2N2O. The number of hydrogen-bond acceptors (Lipinski definition) is 3. The van der Waals surface area contributed by atoms with Gasteiger partial charge in [0.05, 0.1) is 12.3 Å². The van der Waals surface area contributed by atoms with E-state index in [9.17, 15) is 0 Å². The van der Waals surface area contributed by atoms with Gasteiger partial charge in [-0.1, -0.05) is 23.2 Å². The van der Waals surface area contributed by atoms with Gasteiger partial charge in [0.15, 0.2) is 0 Å². The van der Waals surface area contributed by atoms with E-state index in [-0.39, 0.29) is 6.04 Å². The molecule has 1 aromatic heterocycles. The first-order valence-corrected chi connectivity index (χ1v) is 5.90. The summed E-state index contributed by atoms with van der Waals surface area (Å²) in [6, 6.07) is 8.86. The lowest BCUT2D eigenvalue weighted by Gasteiger charge is -2.16. The number of halogens is 2. The zero-order valence-corrected chi connectivity index (χ0v) is 10.5. The Hall–Kier alpha value is -1.16. The summed E-state index contributed by atoms with van der Waals surface area (Å²) >= 11 is 11.8. The highest BCUT2D eigenvalue weighted by atomic mass is 35.5. The molecule has 17 heavy (non-hydrogen) atoms. The summed E-state index contributed by atoms with van der Waals surface area (Å²) in [7, 11) is 0. The van der Waals surface area contributed by atoms with Crippen LogP contribution in [0.25, 0.3) is 0 Å². The minimum absolute atomic E-state index is 0.0977. The highest BCUT2D eigenvalue weighted by molar-refractivity contribution is 6.35. The topological polar surface area (TPSA) is 51.2 Å². The van der Waals surface area contributed by atoms with Crippen LogP contribution in [0.1, 0.15) is 11.8 Å². The van der Waals surface area contributed by atoms with Crippen molar-refractivity contribution in [2.24, 2.45) is 5.73 Å². The van der Waals surface area contributed by atoms with Crippen molar-refractivity contribution >= 4 is 28.9 Å². The van der Waals surface area contributed by atoms with Gasteiger partial charge in [-0.15, -0.1) is 0 Å². The van der Waals surface area contributed by atoms with E-state index in [0.29, 0.717) is 16.6 Å². The monoisotopic (exact) mass is 270 g/mol. The second-order valence-corrected chi connectivity index (χ2v) is 4.48. The lowest BCUT2D eigenvalue weighted by molar-refractivity contribution is 0.482. The van der Waals surface area contributed by atoms with Gasteiger partial charge >= 0.3 is 0 Å². The van der Waals surface area contributed by atoms with Crippen molar-refractivity contribution < 1.29 is 4.42 Å². The van der Waals surface area contributed by atoms with E-state index in [1.165, 1.54) is 0 Å². The van der Waals surface area contributed by atoms with Gasteiger partial charge in [0, 0.05) is 22.3 Å². The third kappa shape index (κ3) is 3.16. The standard InChI is InChI=1S/C12H12Cl2N2O/c13-8-4-9(14)6-10(5-8)16-11(7-15)12-2-1-3-17-12/h1-6,11,16H,7,15H2. The molecule has 0 aliphatic rings. The van der Waals surface area contributed by atoms with Gasteiger partial charge in [-0.05, 0) is 30.3 Å². The van der Waals surface area contributed by atoms with Crippen molar-refractivity contribution in [1.82, 2.24) is 0 Å². The minimum atomic E-state index is -0.0977. The Bertz CT molecular complexity index is 465. The van der Waals surface area contributed by atoms with Crippen molar-refractivity contribution in [2.75, 3.05) is 11.9 Å². The van der Waals surface area contributed by atoms with Crippen LogP contribution >= 0.6 is 23.2 Å². The smallest absolute Gasteiger partial charge is 0.127 e. The Morgan fingerprint density at radius 2 is 1.94 bits per heavy atom. The average molecular weight is 271 g/mol. The van der Waals surface area contributed by atoms with Crippen LogP contribution in [0.4, 0.5) is 5.69 Å². The zero-order chi connectivity index (χ0) is 12.3. The van der Waals surface area contributed by atoms with Crippen molar-refractivity contribution in [3.63, 3.8) is 0 Å². The van der Waals surface area contributed by atoms with Crippen LogP contribution < -0.4 is 11.1 Å². The van der Waals surface area contributed by atoms with Crippen LogP contribution in [0, 0.1) is 0 Å². The lowest BCUT2D eigenvalue weighted by atomic mass is 10.2. The summed E-state index contributed by atoms with van der Waals surface area (Å²) in [6.07, 6.45) is 1.62. The first-order chi connectivity index (χ1) is 8.19. The lowest BCUT2D eigenvalue weighted by Crippen LogP contribution is -2.20. The maximum atomic E-state index is 5.92. The van der Waals surface area contributed by atoms with E-state index >= 15 is 0 Å². The zero-order valence-electron chi connectivity index (χ0n) is 8.99. The maximum absolute atomic E-state index is 5.92. The molecule has 0 aliphatic carbocycles. The van der Waals surface area contributed by atoms with E-state index in [4.69, 9.17) is 33.4 Å². The molecule has 3 N–H and O–H groups in total. The van der Waals surface area contributed by atoms with Gasteiger partial charge in [-0.25, -0.2) is 0 Å². The third-order valence-corrected chi connectivity index (χ3v) is 2.76. The molecule has 0 bridgehead atoms. The van der Waals surface area contributed by atoms with Crippen molar-refractivity contribution in [1.29, 1.82) is 0 Å². The van der Waals surface area contributed by atoms with Crippen LogP contribution in [-0.2, 0) is 0 Å². The largest absolute Gasteiger partial charge is 0.467 e. The third-order valence-electron chi connectivity index (χ3n) is 2.33. The van der Waals surface area contributed by atoms with Gasteiger partial charge in [-0.3, -0.25) is 0 Å². The molecule has 0 fully saturated rings. The van der Waals surface area contributed by atoms with Crippen LogP contribution in [0.3, 0.4) is 0 Å². The minimum Gasteiger partial charge on any atom is -0.467 e. The Morgan fingerprint density at radius 3 is 2.47 bits per heavy atom. The number of rotatable bonds is 4. The fourth-order valence-electron chi connectivity index (χ4n) is 1.57. The van der Waals surface area contributed by atoms with E-state index in [0.717, 1.165) is 11.4 Å². The molecule has 0 radical (unpaired) electrons. The second-order valence-electron chi connectivity index (χ2n) is 3.61. The summed E-state index contributed by atoms with van der Waals surface area (Å²) in [4.78, 5) is 0. The highest BCUT2D eigenvalue weighted by Gasteiger charge is 2.12. The molecule has 0 saturated heterocycles. The van der Waals surface area contributed by atoms with Gasteiger partial charge in [0.2, 0.25) is 0 Å². The first-order valence-electron chi connectivity index (χ1n) is 5.15. The molecule has 3 nitrogen and oxygen atoms in total. The number of hydrogen-bond donors (Lipinski definition) is 2. The van der Waals surface area contributed by atoms with Crippen molar-refractivity contribution in [3.8, 4) is 0 Å². The normalized spacial score (nSPS) is 12.4. The molecule has 2 rings (SSSR count). The Balaban J connectivity index is 2.18. The molecular weight excluding hydrogens is 259 g/mol. The quantitative estimate of drug-likeness (QED) is 0.891. The maximum Gasteiger partial charge on any atom is 0.127 e. The molecule has 1 atom stereocenters. The van der Waals surface area contributed by atoms with Gasteiger partial charge in [0.1, 0.15) is 5.76 Å². The van der Waals surface area contributed by atoms with E-state index in [1.54, 1.807) is 24.5 Å². The fourth-order valence-corrected chi connectivity index (χ4v) is 2.10. The molecule has 1 heterocycles. The number of furan rings is 1. The number of nitrogens with one attached hydrogen (secondary N) is 1. The molecule has 1 aromatic carbocycles. The van der Waals surface area contributed by atoms with Crippen molar-refractivity contribution in [3.05, 3.63) is 52.4 Å². The summed E-state index contributed by atoms with van der Waals surface area (Å²) in [5.41, 5.74) is 6.51. The molecule has 2 aromatic rings. The van der Waals surface area contributed by atoms with Gasteiger partial charge < -0.3 is 15.5 Å². The predicted molar refractivity (Wildman–Crippen MR) is 70.6 cm³/mol. The Kier molecular flexibility index (Phi) is 3.94. The SMILES string of the molecule is NCC(Nc1cc(Cl)cc(Cl)c1)c1ccco1. The van der Waals surface area contributed by atoms with E-state index in [1.807, 2.05) is 12.1 Å². The summed E-state index contributed by atoms with van der Waals surface area (Å²) in [5, 5.41) is 4.38. The molecule has 90 valence electrons. The van der Waals surface area contributed by atoms with Crippen LogP contribution in [0.2, 0.25) is 10.0 Å². The average Bonchev–Trinajstić information content (AvgIpc) is 2.77. The van der Waals surface area contributed by atoms with Gasteiger partial charge in [0.25, 0.3) is 0 Å². The predicted octanol–water partition coefficient (Wildman–Crippen LogP) is 3.70. The van der Waals surface area contributed by atoms with Crippen molar-refractivity contribution in [2.45, 2.75) is 6.04 Å². The summed E-state index contributed by atoms with van der Waals surface area (Å²) in [6.45, 7) is 0.414. The molecule has 0 amide bonds. The second kappa shape index (κ2) is 5.45. The molecule has 0 spiro atoms. The molecule has 5 heteroatoms. The summed E-state index contributed by atoms with van der Waals surface area (Å²) < 4.78 is 5.31. The number of nitrogens with two attached hydrogens (primary N) is 1. The highest BCUT2D eigenvalue weighted by Crippen LogP contribution is 2.25.